The molecule has 0 saturated heterocycles. The van der Waals surface area contributed by atoms with Crippen molar-refractivity contribution in [1.82, 2.24) is 29.7 Å². The Morgan fingerprint density at radius 1 is 1.07 bits per heavy atom. The van der Waals surface area contributed by atoms with Crippen molar-refractivity contribution in [2.45, 2.75) is 26.7 Å². The molecule has 7 nitrogen and oxygen atoms in total. The predicted molar refractivity (Wildman–Crippen MR) is 110 cm³/mol. The lowest BCUT2D eigenvalue weighted by Crippen LogP contribution is -2.33. The van der Waals surface area contributed by atoms with Gasteiger partial charge in [-0.15, -0.1) is 0 Å². The van der Waals surface area contributed by atoms with Crippen molar-refractivity contribution in [2.24, 2.45) is 0 Å². The molecule has 7 heteroatoms. The minimum atomic E-state index is -0.0491. The van der Waals surface area contributed by atoms with Gasteiger partial charge >= 0.3 is 0 Å². The Labute approximate surface area is 168 Å². The summed E-state index contributed by atoms with van der Waals surface area (Å²) in [6, 6.07) is 13.9. The smallest absolute Gasteiger partial charge is 0.274 e. The van der Waals surface area contributed by atoms with Crippen molar-refractivity contribution in [3.05, 3.63) is 70.8 Å². The van der Waals surface area contributed by atoms with Gasteiger partial charge in [-0.2, -0.15) is 10.2 Å². The fourth-order valence-corrected chi connectivity index (χ4v) is 4.07. The third kappa shape index (κ3) is 3.08. The lowest BCUT2D eigenvalue weighted by Gasteiger charge is -2.18. The number of fused-ring (bicyclic) bond motifs is 2. The summed E-state index contributed by atoms with van der Waals surface area (Å²) in [6.07, 6.45) is 1.52. The van der Waals surface area contributed by atoms with E-state index in [1.54, 1.807) is 10.6 Å². The van der Waals surface area contributed by atoms with Crippen LogP contribution in [0.3, 0.4) is 0 Å². The number of aromatic nitrogens is 5. The lowest BCUT2D eigenvalue weighted by molar-refractivity contribution is 0.0756. The molecule has 1 aliphatic heterocycles. The first kappa shape index (κ1) is 17.6. The Morgan fingerprint density at radius 2 is 1.86 bits per heavy atom. The molecule has 1 amide bonds. The summed E-state index contributed by atoms with van der Waals surface area (Å²) < 4.78 is 1.73. The fourth-order valence-electron chi connectivity index (χ4n) is 4.07. The first-order valence-corrected chi connectivity index (χ1v) is 9.85. The summed E-state index contributed by atoms with van der Waals surface area (Å²) in [5.74, 6) is -0.0491. The van der Waals surface area contributed by atoms with Gasteiger partial charge in [0.2, 0.25) is 0 Å². The number of carbonyl (C=O) groups excluding carboxylic acids is 1. The number of nitrogens with one attached hydrogen (secondary N) is 1. The van der Waals surface area contributed by atoms with Gasteiger partial charge < -0.3 is 4.90 Å². The number of hydrogen-bond donors (Lipinski definition) is 1. The molecule has 0 saturated carbocycles. The Balaban J connectivity index is 1.40. The van der Waals surface area contributed by atoms with Gasteiger partial charge in [0.15, 0.2) is 11.3 Å². The third-order valence-corrected chi connectivity index (χ3v) is 5.50. The molecule has 1 aliphatic rings. The van der Waals surface area contributed by atoms with Gasteiger partial charge in [-0.25, -0.2) is 9.50 Å². The number of H-pyrrole nitrogens is 1. The number of benzene rings is 1. The number of hydrogen-bond acceptors (Lipinski definition) is 4. The van der Waals surface area contributed by atoms with E-state index in [0.717, 1.165) is 41.2 Å². The second kappa shape index (κ2) is 6.84. The molecule has 0 spiro atoms. The minimum absolute atomic E-state index is 0.0491. The number of amides is 1. The largest absolute Gasteiger partial charge is 0.337 e. The Morgan fingerprint density at radius 3 is 2.69 bits per heavy atom. The quantitative estimate of drug-likeness (QED) is 0.574. The molecule has 3 aromatic heterocycles. The molecule has 0 radical (unpaired) electrons. The minimum Gasteiger partial charge on any atom is -0.337 e. The molecular formula is C22H22N6O. The van der Waals surface area contributed by atoms with E-state index in [1.165, 1.54) is 5.56 Å². The van der Waals surface area contributed by atoms with Crippen LogP contribution in [0, 0.1) is 13.8 Å². The van der Waals surface area contributed by atoms with Gasteiger partial charge in [0, 0.05) is 53.8 Å². The highest BCUT2D eigenvalue weighted by molar-refractivity contribution is 5.93. The molecule has 0 aliphatic carbocycles. The van der Waals surface area contributed by atoms with Gasteiger partial charge in [-0.3, -0.25) is 9.89 Å². The van der Waals surface area contributed by atoms with E-state index in [9.17, 15) is 4.79 Å². The van der Waals surface area contributed by atoms with Crippen molar-refractivity contribution in [2.75, 3.05) is 13.1 Å². The molecule has 4 aromatic rings. The van der Waals surface area contributed by atoms with Crippen molar-refractivity contribution >= 4 is 11.6 Å². The zero-order chi connectivity index (χ0) is 20.0. The van der Waals surface area contributed by atoms with E-state index >= 15 is 0 Å². The number of aryl methyl sites for hydroxylation is 2. The number of nitrogens with zero attached hydrogens (tertiary/aromatic N) is 5. The van der Waals surface area contributed by atoms with Crippen LogP contribution in [0.25, 0.3) is 16.9 Å². The van der Waals surface area contributed by atoms with Crippen LogP contribution in [0.15, 0.2) is 42.5 Å². The molecule has 0 atom stereocenters. The van der Waals surface area contributed by atoms with Crippen molar-refractivity contribution in [1.29, 1.82) is 0 Å². The van der Waals surface area contributed by atoms with Gasteiger partial charge in [0.25, 0.3) is 5.91 Å². The number of aromatic amines is 1. The molecule has 0 fully saturated rings. The van der Waals surface area contributed by atoms with Gasteiger partial charge in [-0.05, 0) is 26.3 Å². The van der Waals surface area contributed by atoms with Gasteiger partial charge in [0.05, 0.1) is 5.69 Å². The van der Waals surface area contributed by atoms with Crippen LogP contribution in [0.2, 0.25) is 0 Å². The summed E-state index contributed by atoms with van der Waals surface area (Å²) in [4.78, 5) is 19.5. The Bertz CT molecular complexity index is 1210. The summed E-state index contributed by atoms with van der Waals surface area (Å²) >= 11 is 0. The highest BCUT2D eigenvalue weighted by atomic mass is 16.2. The van der Waals surface area contributed by atoms with Crippen LogP contribution >= 0.6 is 0 Å². The first-order chi connectivity index (χ1) is 14.1. The molecule has 4 heterocycles. The van der Waals surface area contributed by atoms with Gasteiger partial charge in [0.1, 0.15) is 0 Å². The second-order valence-electron chi connectivity index (χ2n) is 7.53. The van der Waals surface area contributed by atoms with E-state index in [4.69, 9.17) is 0 Å². The zero-order valence-corrected chi connectivity index (χ0v) is 16.5. The number of rotatable bonds is 2. The van der Waals surface area contributed by atoms with E-state index in [-0.39, 0.29) is 5.91 Å². The van der Waals surface area contributed by atoms with Crippen LogP contribution in [0.4, 0.5) is 0 Å². The Kier molecular flexibility index (Phi) is 4.16. The van der Waals surface area contributed by atoms with E-state index in [0.29, 0.717) is 24.4 Å². The van der Waals surface area contributed by atoms with Crippen LogP contribution in [-0.2, 0) is 12.8 Å². The van der Waals surface area contributed by atoms with E-state index in [1.807, 2.05) is 43.0 Å². The molecule has 0 unspecified atom stereocenters. The summed E-state index contributed by atoms with van der Waals surface area (Å²) in [6.45, 7) is 5.20. The first-order valence-electron chi connectivity index (χ1n) is 9.85. The van der Waals surface area contributed by atoms with Crippen LogP contribution < -0.4 is 0 Å². The monoisotopic (exact) mass is 386 g/mol. The summed E-state index contributed by atoms with van der Waals surface area (Å²) in [5, 5.41) is 12.2. The molecule has 146 valence electrons. The summed E-state index contributed by atoms with van der Waals surface area (Å²) in [7, 11) is 0. The van der Waals surface area contributed by atoms with Crippen LogP contribution in [0.1, 0.15) is 33.1 Å². The molecule has 0 bridgehead atoms. The van der Waals surface area contributed by atoms with Crippen molar-refractivity contribution in [3.63, 3.8) is 0 Å². The second-order valence-corrected chi connectivity index (χ2v) is 7.53. The predicted octanol–water partition coefficient (Wildman–Crippen LogP) is 2.98. The topological polar surface area (TPSA) is 79.2 Å². The SMILES string of the molecule is Cc1cc(C)n2nc(C(=O)N3CCc4[nH]nc(-c5ccccc5)c4CC3)cc2n1. The van der Waals surface area contributed by atoms with Crippen molar-refractivity contribution in [3.8, 4) is 11.3 Å². The highest BCUT2D eigenvalue weighted by Gasteiger charge is 2.25. The van der Waals surface area contributed by atoms with E-state index in [2.05, 4.69) is 32.4 Å². The van der Waals surface area contributed by atoms with Crippen LogP contribution in [0.5, 0.6) is 0 Å². The van der Waals surface area contributed by atoms with Crippen LogP contribution in [-0.4, -0.2) is 48.7 Å². The third-order valence-electron chi connectivity index (χ3n) is 5.50. The standard InChI is InChI=1S/C22H22N6O/c1-14-12-15(2)28-20(23-14)13-19(26-28)22(29)27-10-8-17-18(9-11-27)24-25-21(17)16-6-4-3-5-7-16/h3-7,12-13H,8-11H2,1-2H3,(H,24,25). The zero-order valence-electron chi connectivity index (χ0n) is 16.5. The summed E-state index contributed by atoms with van der Waals surface area (Å²) in [5.41, 5.74) is 7.44. The normalized spacial score (nSPS) is 14.1. The molecular weight excluding hydrogens is 364 g/mol. The van der Waals surface area contributed by atoms with Crippen molar-refractivity contribution < 1.29 is 4.79 Å². The lowest BCUT2D eigenvalue weighted by atomic mass is 10.0. The molecule has 1 N–H and O–H groups in total. The molecule has 5 rings (SSSR count). The highest BCUT2D eigenvalue weighted by Crippen LogP contribution is 2.27. The van der Waals surface area contributed by atoms with E-state index < -0.39 is 0 Å². The average molecular weight is 386 g/mol. The number of carbonyl (C=O) groups is 1. The maximum absolute atomic E-state index is 13.1. The Hall–Kier alpha value is -3.48. The molecule has 29 heavy (non-hydrogen) atoms. The average Bonchev–Trinajstić information content (AvgIpc) is 3.27. The maximum Gasteiger partial charge on any atom is 0.274 e. The fraction of sp³-hybridized carbons (Fsp3) is 0.273. The van der Waals surface area contributed by atoms with Gasteiger partial charge in [-0.1, -0.05) is 30.3 Å². The molecule has 1 aromatic carbocycles. The maximum atomic E-state index is 13.1.